The maximum absolute atomic E-state index is 12.7. The summed E-state index contributed by atoms with van der Waals surface area (Å²) in [7, 11) is -3.85. The summed E-state index contributed by atoms with van der Waals surface area (Å²) < 4.78 is 27.6. The van der Waals surface area contributed by atoms with Gasteiger partial charge in [0, 0.05) is 30.4 Å². The van der Waals surface area contributed by atoms with Crippen molar-refractivity contribution in [2.75, 3.05) is 16.8 Å². The summed E-state index contributed by atoms with van der Waals surface area (Å²) in [6, 6.07) is 9.18. The predicted octanol–water partition coefficient (Wildman–Crippen LogP) is 3.81. The van der Waals surface area contributed by atoms with Gasteiger partial charge >= 0.3 is 0 Å². The van der Waals surface area contributed by atoms with Crippen molar-refractivity contribution in [3.05, 3.63) is 52.0 Å². The molecule has 1 aliphatic carbocycles. The lowest BCUT2D eigenvalue weighted by molar-refractivity contribution is -0.117. The summed E-state index contributed by atoms with van der Waals surface area (Å²) in [6.07, 6.45) is 2.91. The standard InChI is InChI=1S/C20H19Cl2N3O4S/c21-16-11-17(22)18(30(28,29)24-13-3-4-13)10-15(16)20(27)23-12-5-7-14(8-6-12)25-9-1-2-19(25)26/h5-8,10-11,13,24H,1-4,9H2,(H,23,27). The number of carbonyl (C=O) groups is 2. The fourth-order valence-corrected chi connectivity index (χ4v) is 5.40. The van der Waals surface area contributed by atoms with Gasteiger partial charge in [0.2, 0.25) is 15.9 Å². The normalized spacial score (nSPS) is 16.7. The van der Waals surface area contributed by atoms with Crippen molar-refractivity contribution in [1.29, 1.82) is 0 Å². The van der Waals surface area contributed by atoms with E-state index in [2.05, 4.69) is 10.0 Å². The van der Waals surface area contributed by atoms with Crippen LogP contribution in [0.4, 0.5) is 11.4 Å². The Kier molecular flexibility index (Phi) is 5.76. The number of carbonyl (C=O) groups excluding carboxylic acids is 2. The van der Waals surface area contributed by atoms with Crippen molar-refractivity contribution in [3.63, 3.8) is 0 Å². The van der Waals surface area contributed by atoms with Crippen LogP contribution in [-0.4, -0.2) is 32.8 Å². The molecule has 4 rings (SSSR count). The molecule has 1 saturated heterocycles. The average molecular weight is 468 g/mol. The molecule has 0 unspecified atom stereocenters. The largest absolute Gasteiger partial charge is 0.322 e. The molecule has 0 atom stereocenters. The highest BCUT2D eigenvalue weighted by molar-refractivity contribution is 7.89. The van der Waals surface area contributed by atoms with Crippen LogP contribution < -0.4 is 14.9 Å². The Morgan fingerprint density at radius 2 is 1.77 bits per heavy atom. The molecule has 0 bridgehead atoms. The van der Waals surface area contributed by atoms with E-state index in [-0.39, 0.29) is 32.5 Å². The first kappa shape index (κ1) is 21.1. The van der Waals surface area contributed by atoms with Crippen LogP contribution in [0.5, 0.6) is 0 Å². The third kappa shape index (κ3) is 4.46. The van der Waals surface area contributed by atoms with E-state index >= 15 is 0 Å². The maximum Gasteiger partial charge on any atom is 0.257 e. The van der Waals surface area contributed by atoms with E-state index in [1.807, 2.05) is 0 Å². The van der Waals surface area contributed by atoms with E-state index in [0.717, 1.165) is 24.9 Å². The molecule has 0 radical (unpaired) electrons. The summed E-state index contributed by atoms with van der Waals surface area (Å²) in [5.41, 5.74) is 1.25. The molecule has 30 heavy (non-hydrogen) atoms. The molecule has 1 saturated carbocycles. The Morgan fingerprint density at radius 1 is 1.07 bits per heavy atom. The third-order valence-corrected chi connectivity index (χ3v) is 7.26. The van der Waals surface area contributed by atoms with Crippen molar-refractivity contribution >= 4 is 56.4 Å². The lowest BCUT2D eigenvalue weighted by Crippen LogP contribution is -2.26. The Hall–Kier alpha value is -2.13. The smallest absolute Gasteiger partial charge is 0.257 e. The zero-order valence-corrected chi connectivity index (χ0v) is 18.1. The fourth-order valence-electron chi connectivity index (χ4n) is 3.24. The number of amides is 2. The van der Waals surface area contributed by atoms with Gasteiger partial charge in [-0.1, -0.05) is 23.2 Å². The van der Waals surface area contributed by atoms with Crippen molar-refractivity contribution < 1.29 is 18.0 Å². The number of sulfonamides is 1. The lowest BCUT2D eigenvalue weighted by atomic mass is 10.2. The van der Waals surface area contributed by atoms with E-state index in [1.54, 1.807) is 29.2 Å². The summed E-state index contributed by atoms with van der Waals surface area (Å²) in [6.45, 7) is 0.678. The van der Waals surface area contributed by atoms with E-state index < -0.39 is 15.9 Å². The van der Waals surface area contributed by atoms with Crippen LogP contribution in [-0.2, 0) is 14.8 Å². The highest BCUT2D eigenvalue weighted by Crippen LogP contribution is 2.31. The van der Waals surface area contributed by atoms with E-state index in [0.29, 0.717) is 18.7 Å². The van der Waals surface area contributed by atoms with Crippen molar-refractivity contribution in [3.8, 4) is 0 Å². The molecule has 2 amide bonds. The summed E-state index contributed by atoms with van der Waals surface area (Å²) >= 11 is 12.2. The van der Waals surface area contributed by atoms with Gasteiger partial charge in [0.05, 0.1) is 15.6 Å². The molecule has 0 spiro atoms. The van der Waals surface area contributed by atoms with E-state index in [4.69, 9.17) is 23.2 Å². The topological polar surface area (TPSA) is 95.6 Å². The van der Waals surface area contributed by atoms with Gasteiger partial charge in [0.15, 0.2) is 0 Å². The second-order valence-corrected chi connectivity index (χ2v) is 9.80. The van der Waals surface area contributed by atoms with Gasteiger partial charge in [0.25, 0.3) is 5.91 Å². The third-order valence-electron chi connectivity index (χ3n) is 4.97. The molecule has 7 nitrogen and oxygen atoms in total. The summed E-state index contributed by atoms with van der Waals surface area (Å²) in [5.74, 6) is -0.488. The van der Waals surface area contributed by atoms with Gasteiger partial charge in [-0.05, 0) is 55.7 Å². The number of benzene rings is 2. The zero-order valence-electron chi connectivity index (χ0n) is 15.8. The molecule has 2 fully saturated rings. The molecule has 2 aliphatic rings. The molecular formula is C20H19Cl2N3O4S. The first-order chi connectivity index (χ1) is 14.2. The summed E-state index contributed by atoms with van der Waals surface area (Å²) in [5, 5.41) is 2.69. The van der Waals surface area contributed by atoms with Crippen molar-refractivity contribution in [2.45, 2.75) is 36.6 Å². The number of hydrogen-bond acceptors (Lipinski definition) is 4. The minimum Gasteiger partial charge on any atom is -0.322 e. The van der Waals surface area contributed by atoms with Crippen LogP contribution >= 0.6 is 23.2 Å². The fraction of sp³-hybridized carbons (Fsp3) is 0.300. The molecule has 2 aromatic carbocycles. The Bertz CT molecular complexity index is 1120. The van der Waals surface area contributed by atoms with Crippen LogP contribution in [0.2, 0.25) is 10.0 Å². The van der Waals surface area contributed by atoms with Gasteiger partial charge in [-0.2, -0.15) is 0 Å². The van der Waals surface area contributed by atoms with Crippen LogP contribution in [0.15, 0.2) is 41.3 Å². The predicted molar refractivity (Wildman–Crippen MR) is 116 cm³/mol. The number of anilines is 2. The molecule has 1 aliphatic heterocycles. The summed E-state index contributed by atoms with van der Waals surface area (Å²) in [4.78, 5) is 26.1. The lowest BCUT2D eigenvalue weighted by Gasteiger charge is -2.16. The number of nitrogens with one attached hydrogen (secondary N) is 2. The molecule has 0 aromatic heterocycles. The number of nitrogens with zero attached hydrogens (tertiary/aromatic N) is 1. The van der Waals surface area contributed by atoms with Crippen LogP contribution in [0.3, 0.4) is 0 Å². The van der Waals surface area contributed by atoms with Gasteiger partial charge in [-0.3, -0.25) is 9.59 Å². The highest BCUT2D eigenvalue weighted by atomic mass is 35.5. The second kappa shape index (κ2) is 8.19. The van der Waals surface area contributed by atoms with Crippen molar-refractivity contribution in [2.24, 2.45) is 0 Å². The Balaban J connectivity index is 1.54. The van der Waals surface area contributed by atoms with Gasteiger partial charge in [0.1, 0.15) is 4.90 Å². The Labute approximate surface area is 184 Å². The second-order valence-electron chi connectivity index (χ2n) is 7.31. The number of hydrogen-bond donors (Lipinski definition) is 2. The van der Waals surface area contributed by atoms with Gasteiger partial charge in [-0.15, -0.1) is 0 Å². The average Bonchev–Trinajstić information content (AvgIpc) is 3.38. The SMILES string of the molecule is O=C(Nc1ccc(N2CCCC2=O)cc1)c1cc(S(=O)(=O)NC2CC2)c(Cl)cc1Cl. The number of halogens is 2. The van der Waals surface area contributed by atoms with Crippen LogP contribution in [0.25, 0.3) is 0 Å². The molecule has 158 valence electrons. The molecular weight excluding hydrogens is 449 g/mol. The molecule has 2 N–H and O–H groups in total. The molecule has 1 heterocycles. The quantitative estimate of drug-likeness (QED) is 0.674. The van der Waals surface area contributed by atoms with Crippen LogP contribution in [0.1, 0.15) is 36.0 Å². The Morgan fingerprint density at radius 3 is 2.37 bits per heavy atom. The van der Waals surface area contributed by atoms with Gasteiger partial charge < -0.3 is 10.2 Å². The van der Waals surface area contributed by atoms with Gasteiger partial charge in [-0.25, -0.2) is 13.1 Å². The highest BCUT2D eigenvalue weighted by Gasteiger charge is 2.30. The molecule has 2 aromatic rings. The minimum atomic E-state index is -3.85. The monoisotopic (exact) mass is 467 g/mol. The first-order valence-electron chi connectivity index (χ1n) is 9.48. The first-order valence-corrected chi connectivity index (χ1v) is 11.7. The maximum atomic E-state index is 12.7. The number of rotatable bonds is 6. The minimum absolute atomic E-state index is 0.00367. The van der Waals surface area contributed by atoms with Crippen LogP contribution in [0, 0.1) is 0 Å². The van der Waals surface area contributed by atoms with E-state index in [9.17, 15) is 18.0 Å². The van der Waals surface area contributed by atoms with Crippen molar-refractivity contribution in [1.82, 2.24) is 4.72 Å². The van der Waals surface area contributed by atoms with E-state index in [1.165, 1.54) is 12.1 Å². The zero-order chi connectivity index (χ0) is 21.5. The molecule has 10 heteroatoms.